The van der Waals surface area contributed by atoms with Gasteiger partial charge < -0.3 is 15.2 Å². The number of hydrogen-bond acceptors (Lipinski definition) is 9. The van der Waals surface area contributed by atoms with Crippen LogP contribution in [0.4, 0.5) is 0 Å². The van der Waals surface area contributed by atoms with Crippen LogP contribution in [-0.2, 0) is 14.8 Å². The molecule has 0 aromatic heterocycles. The summed E-state index contributed by atoms with van der Waals surface area (Å²) >= 11 is 0. The molecule has 1 aliphatic carbocycles. The van der Waals surface area contributed by atoms with E-state index in [1.54, 1.807) is 7.11 Å². The van der Waals surface area contributed by atoms with Crippen LogP contribution in [0, 0.1) is 11.8 Å². The molecular formula is C18H36N6O4S. The molecule has 168 valence electrons. The molecule has 0 bridgehead atoms. The number of hydrogen-bond donors (Lipinski definition) is 5. The highest BCUT2D eigenvalue weighted by atomic mass is 32.2. The van der Waals surface area contributed by atoms with Crippen LogP contribution >= 0.6 is 0 Å². The summed E-state index contributed by atoms with van der Waals surface area (Å²) in [6.45, 7) is 2.72. The number of rotatable bonds is 6. The number of nitrogens with one attached hydrogen (secondary N) is 4. The zero-order chi connectivity index (χ0) is 20.6. The van der Waals surface area contributed by atoms with Gasteiger partial charge in [-0.05, 0) is 44.1 Å². The van der Waals surface area contributed by atoms with Gasteiger partial charge in [0.2, 0.25) is 10.0 Å². The van der Waals surface area contributed by atoms with E-state index in [1.165, 1.54) is 0 Å². The lowest BCUT2D eigenvalue weighted by atomic mass is 9.80. The van der Waals surface area contributed by atoms with Gasteiger partial charge in [-0.25, -0.2) is 23.2 Å². The van der Waals surface area contributed by atoms with E-state index in [4.69, 9.17) is 4.74 Å². The van der Waals surface area contributed by atoms with Gasteiger partial charge in [0, 0.05) is 46.4 Å². The van der Waals surface area contributed by atoms with E-state index >= 15 is 0 Å². The number of ether oxygens (including phenoxy) is 1. The molecule has 3 saturated heterocycles. The van der Waals surface area contributed by atoms with Crippen LogP contribution in [0.15, 0.2) is 0 Å². The van der Waals surface area contributed by atoms with Crippen molar-refractivity contribution in [2.75, 3.05) is 46.9 Å². The molecule has 3 aliphatic heterocycles. The number of sulfonamides is 1. The highest BCUT2D eigenvalue weighted by molar-refractivity contribution is 7.90. The van der Waals surface area contributed by atoms with Crippen molar-refractivity contribution < 1.29 is 18.3 Å². The highest BCUT2D eigenvalue weighted by Gasteiger charge is 2.48. The standard InChI is InChI=1S/C18H36N6O4S/c1-23-18-13(8-20-23)3-4-15(28-2)17(18)22-29(26,27)14-9-21-24(10-14)16-7-12(11-25)5-6-19-16/h12-22,25H,3-11H2,1-2H3. The summed E-state index contributed by atoms with van der Waals surface area (Å²) in [7, 11) is 0.127. The Morgan fingerprint density at radius 1 is 1.21 bits per heavy atom. The zero-order valence-electron chi connectivity index (χ0n) is 17.4. The van der Waals surface area contributed by atoms with Gasteiger partial charge in [-0.2, -0.15) is 0 Å². The minimum absolute atomic E-state index is 0.0528. The van der Waals surface area contributed by atoms with Gasteiger partial charge in [0.15, 0.2) is 0 Å². The molecule has 4 fully saturated rings. The zero-order valence-corrected chi connectivity index (χ0v) is 18.2. The van der Waals surface area contributed by atoms with E-state index in [0.29, 0.717) is 19.0 Å². The maximum atomic E-state index is 13.3. The first kappa shape index (κ1) is 21.8. The van der Waals surface area contributed by atoms with Crippen molar-refractivity contribution in [3.8, 4) is 0 Å². The fourth-order valence-corrected chi connectivity index (χ4v) is 6.99. The Morgan fingerprint density at radius 2 is 2.03 bits per heavy atom. The van der Waals surface area contributed by atoms with Gasteiger partial charge in [0.25, 0.3) is 0 Å². The summed E-state index contributed by atoms with van der Waals surface area (Å²) in [5, 5.41) is 16.4. The van der Waals surface area contributed by atoms with E-state index in [0.717, 1.165) is 38.8 Å². The first-order chi connectivity index (χ1) is 13.9. The van der Waals surface area contributed by atoms with Gasteiger partial charge in [-0.1, -0.05) is 0 Å². The number of aliphatic hydroxyl groups excluding tert-OH is 1. The van der Waals surface area contributed by atoms with Gasteiger partial charge >= 0.3 is 0 Å². The Morgan fingerprint density at radius 3 is 2.79 bits per heavy atom. The van der Waals surface area contributed by atoms with Crippen LogP contribution < -0.4 is 20.9 Å². The average Bonchev–Trinajstić information content (AvgIpc) is 3.36. The molecule has 0 amide bonds. The lowest BCUT2D eigenvalue weighted by Gasteiger charge is -2.41. The molecule has 29 heavy (non-hydrogen) atoms. The average molecular weight is 433 g/mol. The number of likely N-dealkylation sites (N-methyl/N-ethyl adjacent to an activating group) is 1. The molecule has 7 unspecified atom stereocenters. The molecule has 5 N–H and O–H groups in total. The first-order valence-electron chi connectivity index (χ1n) is 10.8. The van der Waals surface area contributed by atoms with Crippen LogP contribution in [0.1, 0.15) is 25.7 Å². The van der Waals surface area contributed by atoms with E-state index in [9.17, 15) is 13.5 Å². The second kappa shape index (κ2) is 9.01. The van der Waals surface area contributed by atoms with Gasteiger partial charge in [-0.3, -0.25) is 10.9 Å². The summed E-state index contributed by atoms with van der Waals surface area (Å²) in [5.41, 5.74) is 6.61. The maximum Gasteiger partial charge on any atom is 0.217 e. The molecule has 10 nitrogen and oxygen atoms in total. The van der Waals surface area contributed by atoms with Crippen molar-refractivity contribution in [2.24, 2.45) is 11.8 Å². The van der Waals surface area contributed by atoms with Crippen molar-refractivity contribution in [3.63, 3.8) is 0 Å². The predicted octanol–water partition coefficient (Wildman–Crippen LogP) is -1.98. The highest BCUT2D eigenvalue weighted by Crippen LogP contribution is 2.33. The minimum atomic E-state index is -3.52. The Hall–Kier alpha value is -0.370. The number of nitrogens with zero attached hydrogens (tertiary/aromatic N) is 2. The normalized spacial score (nSPS) is 42.2. The summed E-state index contributed by atoms with van der Waals surface area (Å²) < 4.78 is 35.2. The monoisotopic (exact) mass is 432 g/mol. The Balaban J connectivity index is 1.41. The molecule has 0 spiro atoms. The number of piperidine rings is 1. The summed E-state index contributed by atoms with van der Waals surface area (Å²) in [6.07, 6.45) is 3.61. The maximum absolute atomic E-state index is 13.3. The van der Waals surface area contributed by atoms with Crippen molar-refractivity contribution in [1.29, 1.82) is 0 Å². The summed E-state index contributed by atoms with van der Waals surface area (Å²) in [5.74, 6) is 0.697. The Labute approximate surface area is 173 Å². The van der Waals surface area contributed by atoms with Gasteiger partial charge in [-0.15, -0.1) is 0 Å². The third kappa shape index (κ3) is 4.48. The van der Waals surface area contributed by atoms with E-state index in [2.05, 4.69) is 20.9 Å². The van der Waals surface area contributed by atoms with Gasteiger partial charge in [0.05, 0.1) is 18.3 Å². The molecular weight excluding hydrogens is 396 g/mol. The van der Waals surface area contributed by atoms with Crippen LogP contribution in [0.5, 0.6) is 0 Å². The van der Waals surface area contributed by atoms with Crippen molar-refractivity contribution in [3.05, 3.63) is 0 Å². The topological polar surface area (TPSA) is 118 Å². The van der Waals surface area contributed by atoms with Crippen molar-refractivity contribution in [2.45, 2.75) is 55.3 Å². The predicted molar refractivity (Wildman–Crippen MR) is 109 cm³/mol. The van der Waals surface area contributed by atoms with E-state index in [-0.39, 0.29) is 36.9 Å². The third-order valence-electron chi connectivity index (χ3n) is 7.21. The Kier molecular flexibility index (Phi) is 6.79. The largest absolute Gasteiger partial charge is 0.396 e. The van der Waals surface area contributed by atoms with Crippen LogP contribution in [-0.4, -0.2) is 100 Å². The molecule has 7 atom stereocenters. The molecule has 11 heteroatoms. The quantitative estimate of drug-likeness (QED) is 0.326. The van der Waals surface area contributed by atoms with Crippen LogP contribution in [0.25, 0.3) is 0 Å². The number of fused-ring (bicyclic) bond motifs is 1. The number of methoxy groups -OCH3 is 1. The smallest absolute Gasteiger partial charge is 0.217 e. The van der Waals surface area contributed by atoms with Crippen molar-refractivity contribution >= 4 is 10.0 Å². The SMILES string of the molecule is COC1CCC2CNN(C)C2C1NS(=O)(=O)C1CNN(C2CC(CO)CCN2)C1. The molecule has 1 saturated carbocycles. The van der Waals surface area contributed by atoms with Crippen LogP contribution in [0.2, 0.25) is 0 Å². The summed E-state index contributed by atoms with van der Waals surface area (Å²) in [4.78, 5) is 0. The number of hydrazine groups is 2. The molecule has 0 aromatic rings. The molecule has 4 aliphatic rings. The second-order valence-electron chi connectivity index (χ2n) is 8.94. The molecule has 0 radical (unpaired) electrons. The van der Waals surface area contributed by atoms with E-state index < -0.39 is 15.3 Å². The Bertz CT molecular complexity index is 667. The second-order valence-corrected chi connectivity index (χ2v) is 10.9. The third-order valence-corrected chi connectivity index (χ3v) is 9.01. The minimum Gasteiger partial charge on any atom is -0.396 e. The fraction of sp³-hybridized carbons (Fsp3) is 1.00. The first-order valence-corrected chi connectivity index (χ1v) is 12.3. The lowest BCUT2D eigenvalue weighted by Crippen LogP contribution is -2.61. The fourth-order valence-electron chi connectivity index (χ4n) is 5.47. The van der Waals surface area contributed by atoms with E-state index in [1.807, 2.05) is 17.1 Å². The number of aliphatic hydroxyl groups is 1. The van der Waals surface area contributed by atoms with Gasteiger partial charge in [0.1, 0.15) is 5.25 Å². The molecule has 4 rings (SSSR count). The molecule has 0 aromatic carbocycles. The van der Waals surface area contributed by atoms with Crippen molar-refractivity contribution in [1.82, 2.24) is 30.9 Å². The lowest BCUT2D eigenvalue weighted by molar-refractivity contribution is 0.00328. The molecule has 3 heterocycles. The summed E-state index contributed by atoms with van der Waals surface area (Å²) in [6, 6.07) is -0.163. The van der Waals surface area contributed by atoms with Crippen LogP contribution in [0.3, 0.4) is 0 Å².